The van der Waals surface area contributed by atoms with Gasteiger partial charge in [-0.25, -0.2) is 0 Å². The number of carbonyl (C=O) groups excluding carboxylic acids is 1. The van der Waals surface area contributed by atoms with E-state index in [1.54, 1.807) is 0 Å². The molecule has 1 aliphatic rings. The first-order valence-electron chi connectivity index (χ1n) is 6.96. The van der Waals surface area contributed by atoms with Gasteiger partial charge in [-0.05, 0) is 50.9 Å². The second-order valence-electron chi connectivity index (χ2n) is 6.57. The maximum atomic E-state index is 12.2. The van der Waals surface area contributed by atoms with Gasteiger partial charge in [0.25, 0.3) is 0 Å². The molecular weight excluding hydrogens is 226 g/mol. The predicted octanol–water partition coefficient (Wildman–Crippen LogP) is 1.16. The zero-order valence-electron chi connectivity index (χ0n) is 12.4. The Hall–Kier alpha value is -0.610. The Morgan fingerprint density at radius 1 is 1.39 bits per heavy atom. The molecule has 4 heteroatoms. The van der Waals surface area contributed by atoms with Crippen molar-refractivity contribution in [3.63, 3.8) is 0 Å². The van der Waals surface area contributed by atoms with Gasteiger partial charge >= 0.3 is 0 Å². The first-order chi connectivity index (χ1) is 8.34. The van der Waals surface area contributed by atoms with Crippen molar-refractivity contribution >= 4 is 5.91 Å². The Morgan fingerprint density at radius 2 is 1.94 bits per heavy atom. The van der Waals surface area contributed by atoms with E-state index in [1.807, 2.05) is 11.9 Å². The Bertz CT molecular complexity index is 270. The average Bonchev–Trinajstić information content (AvgIpc) is 2.31. The molecule has 1 aliphatic heterocycles. The van der Waals surface area contributed by atoms with E-state index in [4.69, 9.17) is 5.73 Å². The normalized spacial score (nSPS) is 18.9. The Balaban J connectivity index is 2.36. The molecule has 0 aromatic carbocycles. The van der Waals surface area contributed by atoms with E-state index >= 15 is 0 Å². The molecule has 1 amide bonds. The second-order valence-corrected chi connectivity index (χ2v) is 6.57. The molecular formula is C14H29N3O. The number of nitrogens with two attached hydrogens (primary N) is 1. The highest BCUT2D eigenvalue weighted by Gasteiger charge is 2.24. The maximum Gasteiger partial charge on any atom is 0.222 e. The summed E-state index contributed by atoms with van der Waals surface area (Å²) in [4.78, 5) is 16.3. The summed E-state index contributed by atoms with van der Waals surface area (Å²) in [5.41, 5.74) is 5.72. The monoisotopic (exact) mass is 255 g/mol. The van der Waals surface area contributed by atoms with Crippen LogP contribution in [0.5, 0.6) is 0 Å². The highest BCUT2D eigenvalue weighted by molar-refractivity contribution is 5.76. The molecule has 0 atom stereocenters. The number of amides is 1. The molecule has 1 saturated heterocycles. The molecule has 18 heavy (non-hydrogen) atoms. The van der Waals surface area contributed by atoms with Crippen molar-refractivity contribution in [1.29, 1.82) is 0 Å². The summed E-state index contributed by atoms with van der Waals surface area (Å²) in [6.45, 7) is 7.80. The van der Waals surface area contributed by atoms with Crippen LogP contribution in [-0.2, 0) is 4.79 Å². The minimum Gasteiger partial charge on any atom is -0.345 e. The second kappa shape index (κ2) is 6.53. The topological polar surface area (TPSA) is 49.6 Å². The van der Waals surface area contributed by atoms with E-state index in [-0.39, 0.29) is 11.3 Å². The summed E-state index contributed by atoms with van der Waals surface area (Å²) in [6.07, 6.45) is 3.00. The quantitative estimate of drug-likeness (QED) is 0.802. The molecule has 0 unspecified atom stereocenters. The Labute approximate surface area is 111 Å². The lowest BCUT2D eigenvalue weighted by Gasteiger charge is -2.32. The van der Waals surface area contributed by atoms with E-state index in [0.29, 0.717) is 18.9 Å². The third-order valence-electron chi connectivity index (χ3n) is 3.94. The van der Waals surface area contributed by atoms with Gasteiger partial charge in [-0.1, -0.05) is 13.8 Å². The van der Waals surface area contributed by atoms with Crippen molar-refractivity contribution in [1.82, 2.24) is 9.80 Å². The number of hydrogen-bond acceptors (Lipinski definition) is 3. The number of piperidine rings is 1. The third-order valence-corrected chi connectivity index (χ3v) is 3.94. The molecule has 1 rings (SSSR count). The first kappa shape index (κ1) is 15.4. The maximum absolute atomic E-state index is 12.2. The van der Waals surface area contributed by atoms with Crippen LogP contribution in [0.2, 0.25) is 0 Å². The van der Waals surface area contributed by atoms with Gasteiger partial charge in [0, 0.05) is 20.0 Å². The summed E-state index contributed by atoms with van der Waals surface area (Å²) in [5.74, 6) is 0.836. The van der Waals surface area contributed by atoms with Crippen LogP contribution in [0.25, 0.3) is 0 Å². The molecule has 0 aromatic rings. The fraction of sp³-hybridized carbons (Fsp3) is 0.929. The van der Waals surface area contributed by atoms with Crippen molar-refractivity contribution in [2.75, 3.05) is 40.3 Å². The fourth-order valence-corrected chi connectivity index (χ4v) is 2.46. The largest absolute Gasteiger partial charge is 0.345 e. The highest BCUT2D eigenvalue weighted by Crippen LogP contribution is 2.21. The van der Waals surface area contributed by atoms with Gasteiger partial charge in [0.05, 0.1) is 0 Å². The molecule has 0 bridgehead atoms. The molecule has 1 heterocycles. The van der Waals surface area contributed by atoms with Crippen LogP contribution < -0.4 is 5.73 Å². The molecule has 0 saturated carbocycles. The molecule has 0 aliphatic carbocycles. The van der Waals surface area contributed by atoms with E-state index in [2.05, 4.69) is 25.8 Å². The van der Waals surface area contributed by atoms with Crippen molar-refractivity contribution in [3.05, 3.63) is 0 Å². The van der Waals surface area contributed by atoms with Crippen molar-refractivity contribution < 1.29 is 4.79 Å². The summed E-state index contributed by atoms with van der Waals surface area (Å²) < 4.78 is 0. The van der Waals surface area contributed by atoms with Gasteiger partial charge in [0.1, 0.15) is 0 Å². The number of rotatable bonds is 5. The number of likely N-dealkylation sites (tertiary alicyclic amines) is 1. The molecule has 4 nitrogen and oxygen atoms in total. The lowest BCUT2D eigenvalue weighted by molar-refractivity contribution is -0.132. The van der Waals surface area contributed by atoms with Crippen LogP contribution in [0.15, 0.2) is 0 Å². The summed E-state index contributed by atoms with van der Waals surface area (Å²) >= 11 is 0. The van der Waals surface area contributed by atoms with Crippen LogP contribution >= 0.6 is 0 Å². The summed E-state index contributed by atoms with van der Waals surface area (Å²) in [5, 5.41) is 0. The molecule has 106 valence electrons. The highest BCUT2D eigenvalue weighted by atomic mass is 16.2. The average molecular weight is 255 g/mol. The van der Waals surface area contributed by atoms with Crippen LogP contribution in [0.3, 0.4) is 0 Å². The zero-order chi connectivity index (χ0) is 13.8. The van der Waals surface area contributed by atoms with Crippen molar-refractivity contribution in [3.8, 4) is 0 Å². The van der Waals surface area contributed by atoms with E-state index in [1.165, 1.54) is 0 Å². The number of hydrogen-bond donors (Lipinski definition) is 1. The summed E-state index contributed by atoms with van der Waals surface area (Å²) in [6, 6.07) is 0. The van der Waals surface area contributed by atoms with Crippen LogP contribution in [-0.4, -0.2) is 56.0 Å². The SMILES string of the molecule is CN1CCC(CC(=O)N(C)CC(C)(C)CN)CC1. The zero-order valence-corrected chi connectivity index (χ0v) is 12.4. The lowest BCUT2D eigenvalue weighted by atomic mass is 9.91. The Morgan fingerprint density at radius 3 is 2.44 bits per heavy atom. The molecule has 0 radical (unpaired) electrons. The van der Waals surface area contributed by atoms with E-state index in [0.717, 1.165) is 32.5 Å². The summed E-state index contributed by atoms with van der Waals surface area (Å²) in [7, 11) is 4.04. The fourth-order valence-electron chi connectivity index (χ4n) is 2.46. The minimum atomic E-state index is 0.0111. The number of nitrogens with zero attached hydrogens (tertiary/aromatic N) is 2. The number of carbonyl (C=O) groups is 1. The van der Waals surface area contributed by atoms with Gasteiger partial charge in [0.2, 0.25) is 5.91 Å². The third kappa shape index (κ3) is 4.94. The van der Waals surface area contributed by atoms with Crippen LogP contribution in [0.1, 0.15) is 33.1 Å². The molecule has 0 spiro atoms. The van der Waals surface area contributed by atoms with Gasteiger partial charge < -0.3 is 15.5 Å². The Kier molecular flexibility index (Phi) is 5.60. The standard InChI is InChI=1S/C14H29N3O/c1-14(2,10-15)11-17(4)13(18)9-12-5-7-16(3)8-6-12/h12H,5-11,15H2,1-4H3. The molecule has 0 aromatic heterocycles. The predicted molar refractivity (Wildman–Crippen MR) is 75.3 cm³/mol. The molecule has 1 fully saturated rings. The minimum absolute atomic E-state index is 0.0111. The van der Waals surface area contributed by atoms with Crippen molar-refractivity contribution in [2.45, 2.75) is 33.1 Å². The van der Waals surface area contributed by atoms with Crippen LogP contribution in [0, 0.1) is 11.3 Å². The smallest absolute Gasteiger partial charge is 0.222 e. The van der Waals surface area contributed by atoms with Gasteiger partial charge in [-0.3, -0.25) is 4.79 Å². The van der Waals surface area contributed by atoms with Gasteiger partial charge in [-0.2, -0.15) is 0 Å². The van der Waals surface area contributed by atoms with Crippen LogP contribution in [0.4, 0.5) is 0 Å². The lowest BCUT2D eigenvalue weighted by Crippen LogP contribution is -2.41. The van der Waals surface area contributed by atoms with E-state index in [9.17, 15) is 4.79 Å². The van der Waals surface area contributed by atoms with Crippen molar-refractivity contribution in [2.24, 2.45) is 17.1 Å². The van der Waals surface area contributed by atoms with Gasteiger partial charge in [0.15, 0.2) is 0 Å². The van der Waals surface area contributed by atoms with Gasteiger partial charge in [-0.15, -0.1) is 0 Å². The molecule has 2 N–H and O–H groups in total. The van der Waals surface area contributed by atoms with E-state index < -0.39 is 0 Å². The first-order valence-corrected chi connectivity index (χ1v) is 6.96.